The third-order valence-corrected chi connectivity index (χ3v) is 3.12. The summed E-state index contributed by atoms with van der Waals surface area (Å²) in [6.07, 6.45) is 4.97. The molecule has 2 unspecified atom stereocenters. The number of rotatable bonds is 6. The zero-order valence-electron chi connectivity index (χ0n) is 10.9. The Kier molecular flexibility index (Phi) is 5.47. The van der Waals surface area contributed by atoms with Gasteiger partial charge in [0.2, 0.25) is 0 Å². The molecular weight excluding hydrogens is 196 g/mol. The van der Waals surface area contributed by atoms with Crippen LogP contribution in [0.15, 0.2) is 24.5 Å². The molecule has 0 aliphatic heterocycles. The Labute approximate surface area is 99.5 Å². The van der Waals surface area contributed by atoms with E-state index in [1.165, 1.54) is 12.0 Å². The Morgan fingerprint density at radius 3 is 2.31 bits per heavy atom. The van der Waals surface area contributed by atoms with E-state index in [4.69, 9.17) is 0 Å². The first-order valence-corrected chi connectivity index (χ1v) is 6.28. The van der Waals surface area contributed by atoms with Crippen molar-refractivity contribution in [2.24, 2.45) is 11.8 Å². The molecule has 90 valence electrons. The van der Waals surface area contributed by atoms with Crippen LogP contribution in [-0.2, 0) is 0 Å². The molecule has 1 aromatic rings. The maximum Gasteiger partial charge on any atom is 0.0344 e. The average molecular weight is 220 g/mol. The van der Waals surface area contributed by atoms with Gasteiger partial charge in [0.15, 0.2) is 0 Å². The molecule has 16 heavy (non-hydrogen) atoms. The van der Waals surface area contributed by atoms with Gasteiger partial charge in [0.1, 0.15) is 0 Å². The third kappa shape index (κ3) is 3.93. The van der Waals surface area contributed by atoms with Crippen LogP contribution in [0, 0.1) is 11.8 Å². The molecule has 0 amide bonds. The Bertz CT molecular complexity index is 282. The van der Waals surface area contributed by atoms with Crippen molar-refractivity contribution in [1.82, 2.24) is 10.3 Å². The van der Waals surface area contributed by atoms with Crippen LogP contribution in [0.25, 0.3) is 0 Å². The van der Waals surface area contributed by atoms with Crippen LogP contribution in [0.5, 0.6) is 0 Å². The van der Waals surface area contributed by atoms with E-state index >= 15 is 0 Å². The van der Waals surface area contributed by atoms with E-state index in [9.17, 15) is 0 Å². The number of hydrogen-bond acceptors (Lipinski definition) is 2. The van der Waals surface area contributed by atoms with E-state index in [-0.39, 0.29) is 0 Å². The van der Waals surface area contributed by atoms with Crippen molar-refractivity contribution in [2.75, 3.05) is 6.54 Å². The molecule has 1 aromatic heterocycles. The Balaban J connectivity index is 2.62. The van der Waals surface area contributed by atoms with Crippen LogP contribution < -0.4 is 5.32 Å². The molecule has 0 saturated carbocycles. The van der Waals surface area contributed by atoms with Crippen LogP contribution in [0.3, 0.4) is 0 Å². The van der Waals surface area contributed by atoms with Crippen molar-refractivity contribution >= 4 is 0 Å². The van der Waals surface area contributed by atoms with Gasteiger partial charge < -0.3 is 5.32 Å². The van der Waals surface area contributed by atoms with Crippen LogP contribution >= 0.6 is 0 Å². The predicted molar refractivity (Wildman–Crippen MR) is 69.3 cm³/mol. The second kappa shape index (κ2) is 6.64. The zero-order chi connectivity index (χ0) is 12.0. The first-order chi connectivity index (χ1) is 7.65. The standard InChI is InChI=1S/C14H24N2/c1-5-12(4)10-16-14(11(2)3)13-6-8-15-9-7-13/h6-9,11-12,14,16H,5,10H2,1-4H3. The van der Waals surface area contributed by atoms with Gasteiger partial charge in [-0.05, 0) is 36.1 Å². The van der Waals surface area contributed by atoms with Gasteiger partial charge in [-0.2, -0.15) is 0 Å². The van der Waals surface area contributed by atoms with Crippen molar-refractivity contribution in [1.29, 1.82) is 0 Å². The van der Waals surface area contributed by atoms with E-state index < -0.39 is 0 Å². The summed E-state index contributed by atoms with van der Waals surface area (Å²) >= 11 is 0. The number of hydrogen-bond donors (Lipinski definition) is 1. The summed E-state index contributed by atoms with van der Waals surface area (Å²) in [5.74, 6) is 1.34. The van der Waals surface area contributed by atoms with Gasteiger partial charge in [-0.25, -0.2) is 0 Å². The van der Waals surface area contributed by atoms with Crippen LogP contribution in [0.4, 0.5) is 0 Å². The van der Waals surface area contributed by atoms with Crippen molar-refractivity contribution in [3.05, 3.63) is 30.1 Å². The molecule has 1 rings (SSSR count). The molecule has 0 aromatic carbocycles. The lowest BCUT2D eigenvalue weighted by atomic mass is 9.96. The minimum Gasteiger partial charge on any atom is -0.309 e. The fraction of sp³-hybridized carbons (Fsp3) is 0.643. The quantitative estimate of drug-likeness (QED) is 0.794. The minimum atomic E-state index is 0.442. The summed E-state index contributed by atoms with van der Waals surface area (Å²) in [4.78, 5) is 4.07. The predicted octanol–water partition coefficient (Wildman–Crippen LogP) is 3.41. The summed E-state index contributed by atoms with van der Waals surface area (Å²) < 4.78 is 0. The lowest BCUT2D eigenvalue weighted by Crippen LogP contribution is -2.29. The molecule has 1 heterocycles. The van der Waals surface area contributed by atoms with E-state index in [0.29, 0.717) is 12.0 Å². The van der Waals surface area contributed by atoms with Crippen LogP contribution in [0.1, 0.15) is 45.7 Å². The van der Waals surface area contributed by atoms with Gasteiger partial charge in [0.25, 0.3) is 0 Å². The fourth-order valence-electron chi connectivity index (χ4n) is 1.78. The highest BCUT2D eigenvalue weighted by atomic mass is 14.9. The first kappa shape index (κ1) is 13.2. The van der Waals surface area contributed by atoms with E-state index in [1.54, 1.807) is 0 Å². The van der Waals surface area contributed by atoms with Crippen molar-refractivity contribution < 1.29 is 0 Å². The number of aromatic nitrogens is 1. The topological polar surface area (TPSA) is 24.9 Å². The number of pyridine rings is 1. The lowest BCUT2D eigenvalue weighted by molar-refractivity contribution is 0.375. The summed E-state index contributed by atoms with van der Waals surface area (Å²) in [5.41, 5.74) is 1.34. The Morgan fingerprint density at radius 2 is 1.81 bits per heavy atom. The van der Waals surface area contributed by atoms with Gasteiger partial charge in [-0.1, -0.05) is 34.1 Å². The summed E-state index contributed by atoms with van der Waals surface area (Å²) in [7, 11) is 0. The highest BCUT2D eigenvalue weighted by molar-refractivity contribution is 5.15. The van der Waals surface area contributed by atoms with Gasteiger partial charge in [0, 0.05) is 18.4 Å². The monoisotopic (exact) mass is 220 g/mol. The molecule has 0 bridgehead atoms. The van der Waals surface area contributed by atoms with Gasteiger partial charge in [-0.3, -0.25) is 4.98 Å². The average Bonchev–Trinajstić information content (AvgIpc) is 2.30. The van der Waals surface area contributed by atoms with Crippen molar-refractivity contribution in [3.63, 3.8) is 0 Å². The number of nitrogens with zero attached hydrogens (tertiary/aromatic N) is 1. The van der Waals surface area contributed by atoms with Crippen molar-refractivity contribution in [2.45, 2.75) is 40.2 Å². The van der Waals surface area contributed by atoms with Crippen LogP contribution in [-0.4, -0.2) is 11.5 Å². The Hall–Kier alpha value is -0.890. The van der Waals surface area contributed by atoms with E-state index in [1.807, 2.05) is 12.4 Å². The molecular formula is C14H24N2. The maximum atomic E-state index is 4.07. The van der Waals surface area contributed by atoms with Gasteiger partial charge >= 0.3 is 0 Å². The molecule has 0 fully saturated rings. The SMILES string of the molecule is CCC(C)CNC(c1ccncc1)C(C)C. The second-order valence-electron chi connectivity index (χ2n) is 4.92. The van der Waals surface area contributed by atoms with Gasteiger partial charge in [0.05, 0.1) is 0 Å². The summed E-state index contributed by atoms with van der Waals surface area (Å²) in [6, 6.07) is 4.65. The lowest BCUT2D eigenvalue weighted by Gasteiger charge is -2.24. The summed E-state index contributed by atoms with van der Waals surface area (Å²) in [5, 5.41) is 3.66. The molecule has 2 nitrogen and oxygen atoms in total. The molecule has 0 aliphatic rings. The molecule has 1 N–H and O–H groups in total. The smallest absolute Gasteiger partial charge is 0.0344 e. The third-order valence-electron chi connectivity index (χ3n) is 3.12. The van der Waals surface area contributed by atoms with Crippen molar-refractivity contribution in [3.8, 4) is 0 Å². The molecule has 0 saturated heterocycles. The molecule has 0 aliphatic carbocycles. The molecule has 0 spiro atoms. The minimum absolute atomic E-state index is 0.442. The normalized spacial score (nSPS) is 15.1. The molecule has 2 heteroatoms. The summed E-state index contributed by atoms with van der Waals surface area (Å²) in [6.45, 7) is 10.1. The molecule has 0 radical (unpaired) electrons. The number of nitrogens with one attached hydrogen (secondary N) is 1. The Morgan fingerprint density at radius 1 is 1.19 bits per heavy atom. The van der Waals surface area contributed by atoms with Crippen LogP contribution in [0.2, 0.25) is 0 Å². The largest absolute Gasteiger partial charge is 0.309 e. The highest BCUT2D eigenvalue weighted by Gasteiger charge is 2.15. The maximum absolute atomic E-state index is 4.07. The first-order valence-electron chi connectivity index (χ1n) is 6.28. The van der Waals surface area contributed by atoms with Gasteiger partial charge in [-0.15, -0.1) is 0 Å². The molecule has 2 atom stereocenters. The second-order valence-corrected chi connectivity index (χ2v) is 4.92. The van der Waals surface area contributed by atoms with E-state index in [0.717, 1.165) is 12.5 Å². The fourth-order valence-corrected chi connectivity index (χ4v) is 1.78. The zero-order valence-corrected chi connectivity index (χ0v) is 10.9. The van der Waals surface area contributed by atoms with E-state index in [2.05, 4.69) is 50.1 Å². The highest BCUT2D eigenvalue weighted by Crippen LogP contribution is 2.21.